The third-order valence-electron chi connectivity index (χ3n) is 9.71. The lowest BCUT2D eigenvalue weighted by Gasteiger charge is -2.34. The van der Waals surface area contributed by atoms with Crippen molar-refractivity contribution in [2.75, 3.05) is 0 Å². The number of hydrogen-bond donors (Lipinski definition) is 2. The average Bonchev–Trinajstić information content (AvgIpc) is 3.52. The molecule has 7 rings (SSSR count). The van der Waals surface area contributed by atoms with Crippen molar-refractivity contribution in [2.24, 2.45) is 11.5 Å². The summed E-state index contributed by atoms with van der Waals surface area (Å²) in [4.78, 5) is 9.20. The van der Waals surface area contributed by atoms with Crippen molar-refractivity contribution in [3.8, 4) is 45.8 Å². The Bertz CT molecular complexity index is 2440. The summed E-state index contributed by atoms with van der Waals surface area (Å²) in [7, 11) is 0. The first kappa shape index (κ1) is 34.2. The lowest BCUT2D eigenvalue weighted by atomic mass is 9.67. The van der Waals surface area contributed by atoms with E-state index in [0.717, 1.165) is 39.8 Å². The van der Waals surface area contributed by atoms with Crippen molar-refractivity contribution in [2.45, 2.75) is 18.3 Å². The summed E-state index contributed by atoms with van der Waals surface area (Å²) in [6.07, 6.45) is 15.6. The van der Waals surface area contributed by atoms with Crippen molar-refractivity contribution in [3.63, 3.8) is 0 Å². The lowest BCUT2D eigenvalue weighted by Crippen LogP contribution is -2.28. The van der Waals surface area contributed by atoms with Crippen LogP contribution in [0.15, 0.2) is 176 Å². The Morgan fingerprint density at radius 3 is 2.02 bits per heavy atom. The van der Waals surface area contributed by atoms with Crippen LogP contribution in [-0.4, -0.2) is 9.97 Å². The monoisotopic (exact) mass is 684 g/mol. The van der Waals surface area contributed by atoms with E-state index in [-0.39, 0.29) is 0 Å². The van der Waals surface area contributed by atoms with Gasteiger partial charge in [-0.3, -0.25) is 9.97 Å². The number of hydrogen-bond acceptors (Lipinski definition) is 6. The molecular formula is C47H36N6. The van der Waals surface area contributed by atoms with Crippen LogP contribution in [0, 0.1) is 22.7 Å². The summed E-state index contributed by atoms with van der Waals surface area (Å²) in [6.45, 7) is 0. The van der Waals surface area contributed by atoms with Crippen LogP contribution < -0.4 is 11.5 Å². The molecule has 0 bridgehead atoms. The van der Waals surface area contributed by atoms with Gasteiger partial charge >= 0.3 is 0 Å². The second-order valence-corrected chi connectivity index (χ2v) is 12.7. The molecular weight excluding hydrogens is 649 g/mol. The Kier molecular flexibility index (Phi) is 9.87. The van der Waals surface area contributed by atoms with Crippen molar-refractivity contribution in [1.29, 1.82) is 10.5 Å². The van der Waals surface area contributed by atoms with Gasteiger partial charge in [0.05, 0.1) is 34.5 Å². The predicted octanol–water partition coefficient (Wildman–Crippen LogP) is 9.60. The normalized spacial score (nSPS) is 13.4. The Balaban J connectivity index is 1.34. The number of pyridine rings is 2. The van der Waals surface area contributed by atoms with Crippen LogP contribution in [0.25, 0.3) is 39.2 Å². The minimum Gasteiger partial charge on any atom is -0.405 e. The molecule has 0 amide bonds. The van der Waals surface area contributed by atoms with E-state index in [0.29, 0.717) is 28.9 Å². The maximum atomic E-state index is 9.37. The molecule has 2 aromatic heterocycles. The standard InChI is InChI=1S/C47H36N6/c48-24-22-33(29-49)10-4-1-5-11-37(31-51)35-16-19-41-42-20-17-36(38-18-21-45(53-32-38)46-26-34(30-50)23-25-52-46)28-44(42)47(43(41)27-35,39-12-6-2-7-13-39)40-14-8-3-9-15-40/h2-3,5-28,31-32H,1,4,48,51H2/b11-5-,24-22-,33-10+,37-31+. The Hall–Kier alpha value is -7.28. The Labute approximate surface area is 310 Å². The van der Waals surface area contributed by atoms with Gasteiger partial charge in [0.25, 0.3) is 0 Å². The molecule has 0 unspecified atom stereocenters. The molecule has 254 valence electrons. The molecule has 6 nitrogen and oxygen atoms in total. The number of nitriles is 2. The molecule has 0 fully saturated rings. The fraction of sp³-hybridized carbons (Fsp3) is 0.0638. The van der Waals surface area contributed by atoms with Crippen molar-refractivity contribution < 1.29 is 0 Å². The number of allylic oxidation sites excluding steroid dienone is 6. The predicted molar refractivity (Wildman–Crippen MR) is 212 cm³/mol. The van der Waals surface area contributed by atoms with Crippen LogP contribution in [0.2, 0.25) is 0 Å². The van der Waals surface area contributed by atoms with E-state index in [1.165, 1.54) is 28.5 Å². The zero-order valence-electron chi connectivity index (χ0n) is 29.0. The second kappa shape index (κ2) is 15.3. The molecule has 6 aromatic rings. The molecule has 0 saturated heterocycles. The molecule has 6 heteroatoms. The average molecular weight is 685 g/mol. The van der Waals surface area contributed by atoms with Gasteiger partial charge in [0.1, 0.15) is 0 Å². The Morgan fingerprint density at radius 1 is 0.679 bits per heavy atom. The summed E-state index contributed by atoms with van der Waals surface area (Å²) >= 11 is 0. The number of nitrogens with zero attached hydrogens (tertiary/aromatic N) is 4. The Morgan fingerprint density at radius 2 is 1.38 bits per heavy atom. The number of fused-ring (bicyclic) bond motifs is 3. The number of benzene rings is 4. The minimum atomic E-state index is -0.618. The smallest absolute Gasteiger partial charge is 0.0992 e. The number of aromatic nitrogens is 2. The van der Waals surface area contributed by atoms with Gasteiger partial charge in [0.2, 0.25) is 0 Å². The third kappa shape index (κ3) is 6.54. The topological polar surface area (TPSA) is 125 Å². The fourth-order valence-corrected chi connectivity index (χ4v) is 7.25. The lowest BCUT2D eigenvalue weighted by molar-refractivity contribution is 0.768. The molecule has 0 spiro atoms. The maximum absolute atomic E-state index is 9.37. The van der Waals surface area contributed by atoms with Crippen LogP contribution in [0.4, 0.5) is 0 Å². The van der Waals surface area contributed by atoms with Gasteiger partial charge in [-0.05, 0) is 106 Å². The van der Waals surface area contributed by atoms with Crippen molar-refractivity contribution in [1.82, 2.24) is 9.97 Å². The van der Waals surface area contributed by atoms with Crippen LogP contribution in [0.5, 0.6) is 0 Å². The van der Waals surface area contributed by atoms with E-state index < -0.39 is 5.41 Å². The highest BCUT2D eigenvalue weighted by molar-refractivity contribution is 5.90. The fourth-order valence-electron chi connectivity index (χ4n) is 7.25. The number of rotatable bonds is 10. The molecule has 2 heterocycles. The van der Waals surface area contributed by atoms with E-state index in [4.69, 9.17) is 16.5 Å². The van der Waals surface area contributed by atoms with Gasteiger partial charge in [0, 0.05) is 29.7 Å². The maximum Gasteiger partial charge on any atom is 0.0992 e. The first-order valence-corrected chi connectivity index (χ1v) is 17.4. The van der Waals surface area contributed by atoms with E-state index in [2.05, 4.69) is 132 Å². The summed E-state index contributed by atoms with van der Waals surface area (Å²) in [5, 5.41) is 18.7. The summed E-state index contributed by atoms with van der Waals surface area (Å²) in [6, 6.07) is 46.5. The van der Waals surface area contributed by atoms with Crippen LogP contribution >= 0.6 is 0 Å². The van der Waals surface area contributed by atoms with E-state index in [1.54, 1.807) is 30.6 Å². The highest BCUT2D eigenvalue weighted by Gasteiger charge is 2.46. The van der Waals surface area contributed by atoms with Crippen LogP contribution in [0.1, 0.15) is 46.2 Å². The quantitative estimate of drug-likeness (QED) is 0.0840. The second-order valence-electron chi connectivity index (χ2n) is 12.7. The molecule has 53 heavy (non-hydrogen) atoms. The number of nitrogens with two attached hydrogens (primary N) is 2. The summed E-state index contributed by atoms with van der Waals surface area (Å²) in [5.41, 5.74) is 24.6. The third-order valence-corrected chi connectivity index (χ3v) is 9.71. The largest absolute Gasteiger partial charge is 0.405 e. The SMILES string of the molecule is N#CC(/C=C\N)=C/CC/C=C\C(=C/N)c1ccc2c(c1)C(c1ccccc1)(c1ccccc1)c1cc(-c3ccc(-c4cc(C#N)ccn4)nc3)ccc1-2. The van der Waals surface area contributed by atoms with Crippen LogP contribution in [-0.2, 0) is 5.41 Å². The molecule has 0 saturated carbocycles. The molecule has 1 aliphatic carbocycles. The number of unbranched alkanes of at least 4 members (excludes halogenated alkanes) is 1. The van der Waals surface area contributed by atoms with E-state index >= 15 is 0 Å². The molecule has 1 aliphatic rings. The van der Waals surface area contributed by atoms with Crippen molar-refractivity contribution in [3.05, 3.63) is 209 Å². The first-order valence-electron chi connectivity index (χ1n) is 17.4. The van der Waals surface area contributed by atoms with E-state index in [9.17, 15) is 10.5 Å². The molecule has 0 radical (unpaired) electrons. The van der Waals surface area contributed by atoms with Gasteiger partial charge in [-0.25, -0.2) is 0 Å². The first-order chi connectivity index (χ1) is 26.1. The van der Waals surface area contributed by atoms with Gasteiger partial charge in [-0.15, -0.1) is 0 Å². The molecule has 0 aliphatic heterocycles. The summed E-state index contributed by atoms with van der Waals surface area (Å²) < 4.78 is 0. The van der Waals surface area contributed by atoms with Crippen molar-refractivity contribution >= 4 is 5.57 Å². The van der Waals surface area contributed by atoms with Gasteiger partial charge in [-0.2, -0.15) is 10.5 Å². The minimum absolute atomic E-state index is 0.544. The molecule has 4 N–H and O–H groups in total. The molecule has 4 aromatic carbocycles. The zero-order valence-corrected chi connectivity index (χ0v) is 29.0. The van der Waals surface area contributed by atoms with Gasteiger partial charge in [-0.1, -0.05) is 109 Å². The molecule has 0 atom stereocenters. The van der Waals surface area contributed by atoms with Crippen LogP contribution in [0.3, 0.4) is 0 Å². The highest BCUT2D eigenvalue weighted by atomic mass is 14.8. The summed E-state index contributed by atoms with van der Waals surface area (Å²) in [5.74, 6) is 0. The van der Waals surface area contributed by atoms with E-state index in [1.807, 2.05) is 18.3 Å². The van der Waals surface area contributed by atoms with Gasteiger partial charge in [0.15, 0.2) is 0 Å². The zero-order chi connectivity index (χ0) is 36.6. The highest BCUT2D eigenvalue weighted by Crippen LogP contribution is 2.57. The van der Waals surface area contributed by atoms with Gasteiger partial charge < -0.3 is 11.5 Å².